The summed E-state index contributed by atoms with van der Waals surface area (Å²) in [6.45, 7) is 2.24. The van der Waals surface area contributed by atoms with E-state index in [9.17, 15) is 4.79 Å². The fourth-order valence-electron chi connectivity index (χ4n) is 4.20. The molecular formula is C22H19FN4O2S. The lowest BCUT2D eigenvalue weighted by atomic mass is 9.91. The van der Waals surface area contributed by atoms with Crippen LogP contribution in [0.2, 0.25) is 0 Å². The van der Waals surface area contributed by atoms with Crippen LogP contribution in [0.4, 0.5) is 4.39 Å². The smallest absolute Gasteiger partial charge is 0.268 e. The Morgan fingerprint density at radius 2 is 2.13 bits per heavy atom. The minimum absolute atomic E-state index is 0.188. The maximum absolute atomic E-state index is 15.2. The topological polar surface area (TPSA) is 71.1 Å². The number of aromatic amines is 1. The normalized spacial score (nSPS) is 16.0. The van der Waals surface area contributed by atoms with E-state index in [1.807, 2.05) is 18.2 Å². The molecule has 1 atom stereocenters. The molecular weight excluding hydrogens is 403 g/mol. The van der Waals surface area contributed by atoms with Crippen molar-refractivity contribution in [1.29, 1.82) is 0 Å². The molecule has 0 aliphatic carbocycles. The zero-order chi connectivity index (χ0) is 20.8. The molecule has 1 aliphatic rings. The van der Waals surface area contributed by atoms with Gasteiger partial charge in [0, 0.05) is 34.8 Å². The second-order valence-corrected chi connectivity index (χ2v) is 8.04. The molecule has 3 heterocycles. The molecule has 8 heteroatoms. The van der Waals surface area contributed by atoms with Crippen LogP contribution in [0.1, 0.15) is 38.2 Å². The van der Waals surface area contributed by atoms with Crippen molar-refractivity contribution in [2.75, 3.05) is 13.7 Å². The molecule has 1 N–H and O–H groups in total. The number of ether oxygens (including phenoxy) is 1. The predicted octanol–water partition coefficient (Wildman–Crippen LogP) is 4.26. The van der Waals surface area contributed by atoms with Crippen LogP contribution in [0.15, 0.2) is 42.5 Å². The summed E-state index contributed by atoms with van der Waals surface area (Å²) in [6, 6.07) is 12.2. The summed E-state index contributed by atoms with van der Waals surface area (Å²) in [4.78, 5) is 19.1. The first-order valence-electron chi connectivity index (χ1n) is 9.61. The molecule has 152 valence electrons. The zero-order valence-corrected chi connectivity index (χ0v) is 17.3. The lowest BCUT2D eigenvalue weighted by molar-refractivity contribution is 0.0693. The maximum Gasteiger partial charge on any atom is 0.268 e. The summed E-state index contributed by atoms with van der Waals surface area (Å²) in [5.41, 5.74) is 3.95. The van der Waals surface area contributed by atoms with Crippen LogP contribution in [-0.4, -0.2) is 39.0 Å². The second-order valence-electron chi connectivity index (χ2n) is 7.29. The van der Waals surface area contributed by atoms with Crippen molar-refractivity contribution in [2.24, 2.45) is 0 Å². The fraction of sp³-hybridized carbons (Fsp3) is 0.227. The van der Waals surface area contributed by atoms with Crippen LogP contribution in [0.3, 0.4) is 0 Å². The first-order valence-corrected chi connectivity index (χ1v) is 10.4. The summed E-state index contributed by atoms with van der Waals surface area (Å²) in [6.07, 6.45) is 0.685. The molecule has 0 bridgehead atoms. The lowest BCUT2D eigenvalue weighted by Crippen LogP contribution is -2.41. The molecule has 4 aromatic rings. The van der Waals surface area contributed by atoms with Crippen molar-refractivity contribution in [3.8, 4) is 5.75 Å². The van der Waals surface area contributed by atoms with Gasteiger partial charge in [0.25, 0.3) is 5.91 Å². The van der Waals surface area contributed by atoms with Gasteiger partial charge >= 0.3 is 0 Å². The Morgan fingerprint density at radius 3 is 2.87 bits per heavy atom. The molecule has 0 spiro atoms. The number of hydrogen-bond donors (Lipinski definition) is 1. The molecule has 30 heavy (non-hydrogen) atoms. The number of aromatic nitrogens is 3. The standard InChI is InChI=1S/C22H19FN4O2S/c1-12-21(30-26-25-12)22(28)27-10-9-15-14-5-3-4-6-18(14)24-19(15)20(27)16-8-7-13(29-2)11-17(16)23/h3-8,11,20,24H,9-10H2,1-2H3/t20-/m1/s1. The molecule has 0 saturated heterocycles. The van der Waals surface area contributed by atoms with Crippen molar-refractivity contribution in [3.63, 3.8) is 0 Å². The van der Waals surface area contributed by atoms with E-state index in [4.69, 9.17) is 4.74 Å². The summed E-state index contributed by atoms with van der Waals surface area (Å²) in [5, 5.41) is 5.08. The number of nitrogens with one attached hydrogen (secondary N) is 1. The summed E-state index contributed by atoms with van der Waals surface area (Å²) >= 11 is 1.07. The fourth-order valence-corrected chi connectivity index (χ4v) is 4.81. The van der Waals surface area contributed by atoms with Gasteiger partial charge in [0.2, 0.25) is 0 Å². The van der Waals surface area contributed by atoms with Gasteiger partial charge in [-0.3, -0.25) is 4.79 Å². The number of para-hydroxylation sites is 1. The highest BCUT2D eigenvalue weighted by Crippen LogP contribution is 2.40. The number of carbonyl (C=O) groups is 1. The largest absolute Gasteiger partial charge is 0.497 e. The highest BCUT2D eigenvalue weighted by atomic mass is 32.1. The minimum Gasteiger partial charge on any atom is -0.497 e. The molecule has 6 nitrogen and oxygen atoms in total. The number of nitrogens with zero attached hydrogens (tertiary/aromatic N) is 3. The first-order chi connectivity index (χ1) is 14.6. The Morgan fingerprint density at radius 1 is 1.30 bits per heavy atom. The van der Waals surface area contributed by atoms with E-state index in [1.54, 1.807) is 24.0 Å². The average molecular weight is 422 g/mol. The Labute approximate surface area is 176 Å². The van der Waals surface area contributed by atoms with Crippen molar-refractivity contribution in [1.82, 2.24) is 19.5 Å². The molecule has 0 unspecified atom stereocenters. The zero-order valence-electron chi connectivity index (χ0n) is 16.5. The highest BCUT2D eigenvalue weighted by molar-refractivity contribution is 7.07. The number of H-pyrrole nitrogens is 1. The Hall–Kier alpha value is -3.26. The van der Waals surface area contributed by atoms with E-state index < -0.39 is 11.9 Å². The van der Waals surface area contributed by atoms with Crippen LogP contribution in [0.25, 0.3) is 10.9 Å². The molecule has 5 rings (SSSR count). The van der Waals surface area contributed by atoms with Gasteiger partial charge in [-0.15, -0.1) is 5.10 Å². The highest BCUT2D eigenvalue weighted by Gasteiger charge is 2.37. The van der Waals surface area contributed by atoms with Crippen LogP contribution >= 0.6 is 11.5 Å². The number of rotatable bonds is 3. The number of benzene rings is 2. The van der Waals surface area contributed by atoms with Crippen molar-refractivity contribution < 1.29 is 13.9 Å². The summed E-state index contributed by atoms with van der Waals surface area (Å²) in [5.74, 6) is -0.167. The third-order valence-electron chi connectivity index (χ3n) is 5.64. The van der Waals surface area contributed by atoms with Gasteiger partial charge in [-0.25, -0.2) is 4.39 Å². The van der Waals surface area contributed by atoms with Gasteiger partial charge in [-0.1, -0.05) is 22.7 Å². The molecule has 0 radical (unpaired) electrons. The van der Waals surface area contributed by atoms with Gasteiger partial charge in [0.05, 0.1) is 12.8 Å². The van der Waals surface area contributed by atoms with Crippen LogP contribution in [0.5, 0.6) is 5.75 Å². The van der Waals surface area contributed by atoms with Crippen molar-refractivity contribution in [2.45, 2.75) is 19.4 Å². The summed E-state index contributed by atoms with van der Waals surface area (Å²) < 4.78 is 24.2. The molecule has 1 aliphatic heterocycles. The maximum atomic E-state index is 15.2. The molecule has 2 aromatic heterocycles. The minimum atomic E-state index is -0.582. The van der Waals surface area contributed by atoms with Gasteiger partial charge < -0.3 is 14.6 Å². The second kappa shape index (κ2) is 7.21. The SMILES string of the molecule is COc1ccc([C@@H]2c3[nH]c4ccccc4c3CCN2C(=O)c2snnc2C)c(F)c1. The number of aryl methyl sites for hydroxylation is 1. The quantitative estimate of drug-likeness (QED) is 0.535. The van der Waals surface area contributed by atoms with Crippen LogP contribution < -0.4 is 4.74 Å². The van der Waals surface area contributed by atoms with Crippen LogP contribution in [-0.2, 0) is 6.42 Å². The molecule has 0 saturated carbocycles. The van der Waals surface area contributed by atoms with E-state index in [2.05, 4.69) is 20.6 Å². The monoisotopic (exact) mass is 422 g/mol. The molecule has 0 fully saturated rings. The molecule has 2 aromatic carbocycles. The van der Waals surface area contributed by atoms with E-state index >= 15 is 4.39 Å². The van der Waals surface area contributed by atoms with Crippen LogP contribution in [0, 0.1) is 12.7 Å². The van der Waals surface area contributed by atoms with Crippen molar-refractivity contribution >= 4 is 28.3 Å². The number of fused-ring (bicyclic) bond motifs is 3. The Bertz CT molecular complexity index is 1270. The number of amides is 1. The van der Waals surface area contributed by atoms with E-state index in [-0.39, 0.29) is 5.91 Å². The number of hydrogen-bond acceptors (Lipinski definition) is 5. The van der Waals surface area contributed by atoms with Crippen molar-refractivity contribution in [3.05, 3.63) is 75.7 Å². The number of methoxy groups -OCH3 is 1. The lowest BCUT2D eigenvalue weighted by Gasteiger charge is -2.36. The predicted molar refractivity (Wildman–Crippen MR) is 112 cm³/mol. The van der Waals surface area contributed by atoms with Gasteiger partial charge in [0.15, 0.2) is 0 Å². The third-order valence-corrected chi connectivity index (χ3v) is 6.46. The number of carbonyl (C=O) groups excluding carboxylic acids is 1. The van der Waals surface area contributed by atoms with E-state index in [0.717, 1.165) is 33.7 Å². The van der Waals surface area contributed by atoms with E-state index in [0.29, 0.717) is 34.8 Å². The average Bonchev–Trinajstić information content (AvgIpc) is 3.36. The summed E-state index contributed by atoms with van der Waals surface area (Å²) in [7, 11) is 1.50. The van der Waals surface area contributed by atoms with Gasteiger partial charge in [-0.2, -0.15) is 0 Å². The Balaban J connectivity index is 1.70. The Kier molecular flexibility index (Phi) is 4.51. The number of halogens is 1. The van der Waals surface area contributed by atoms with Gasteiger partial charge in [-0.05, 0) is 48.6 Å². The van der Waals surface area contributed by atoms with E-state index in [1.165, 1.54) is 13.2 Å². The first kappa shape index (κ1) is 18.7. The molecule has 1 amide bonds. The van der Waals surface area contributed by atoms with Gasteiger partial charge in [0.1, 0.15) is 22.5 Å². The third kappa shape index (κ3) is 2.87.